The Balaban J connectivity index is 1.98. The van der Waals surface area contributed by atoms with Crippen LogP contribution in [0.4, 0.5) is 5.69 Å². The number of hydrogen-bond donors (Lipinski definition) is 1. The molecular formula is C13H21N3. The van der Waals surface area contributed by atoms with E-state index < -0.39 is 0 Å². The molecule has 1 N–H and O–H groups in total. The van der Waals surface area contributed by atoms with Crippen LogP contribution >= 0.6 is 0 Å². The normalized spacial score (nSPS) is 18.7. The van der Waals surface area contributed by atoms with Crippen LogP contribution in [0.1, 0.15) is 24.2 Å². The fourth-order valence-corrected chi connectivity index (χ4v) is 2.21. The Kier molecular flexibility index (Phi) is 3.44. The van der Waals surface area contributed by atoms with E-state index in [0.717, 1.165) is 11.4 Å². The second-order valence-electron chi connectivity index (χ2n) is 4.81. The minimum Gasteiger partial charge on any atom is -0.381 e. The molecule has 0 aliphatic carbocycles. The number of hydrogen-bond acceptors (Lipinski definition) is 3. The van der Waals surface area contributed by atoms with Crippen LogP contribution in [0.15, 0.2) is 12.1 Å². The predicted octanol–water partition coefficient (Wildman–Crippen LogP) is 2.20. The van der Waals surface area contributed by atoms with Gasteiger partial charge >= 0.3 is 0 Å². The molecule has 0 saturated carbocycles. The molecule has 0 amide bonds. The Hall–Kier alpha value is -1.09. The maximum absolute atomic E-state index is 4.48. The molecule has 2 heterocycles. The molecular weight excluding hydrogens is 198 g/mol. The van der Waals surface area contributed by atoms with Gasteiger partial charge in [-0.05, 0) is 59.0 Å². The van der Waals surface area contributed by atoms with Gasteiger partial charge in [-0.3, -0.25) is 4.98 Å². The topological polar surface area (TPSA) is 28.2 Å². The van der Waals surface area contributed by atoms with Gasteiger partial charge < -0.3 is 10.2 Å². The highest BCUT2D eigenvalue weighted by Gasteiger charge is 2.16. The smallest absolute Gasteiger partial charge is 0.0606 e. The quantitative estimate of drug-likeness (QED) is 0.826. The number of piperidine rings is 1. The van der Waals surface area contributed by atoms with E-state index in [0.29, 0.717) is 6.04 Å². The first-order valence-corrected chi connectivity index (χ1v) is 6.04. The Morgan fingerprint density at radius 1 is 1.25 bits per heavy atom. The monoisotopic (exact) mass is 219 g/mol. The van der Waals surface area contributed by atoms with Gasteiger partial charge in [-0.2, -0.15) is 0 Å². The minimum atomic E-state index is 0.611. The van der Waals surface area contributed by atoms with E-state index in [4.69, 9.17) is 0 Å². The standard InChI is InChI=1S/C13H21N3/c1-10-4-5-13(11(2)14-10)15-12-6-8-16(3)9-7-12/h4-5,12,15H,6-9H2,1-3H3. The summed E-state index contributed by atoms with van der Waals surface area (Å²) in [4.78, 5) is 6.87. The second-order valence-corrected chi connectivity index (χ2v) is 4.81. The van der Waals surface area contributed by atoms with Crippen LogP contribution in [-0.4, -0.2) is 36.1 Å². The van der Waals surface area contributed by atoms with Crippen molar-refractivity contribution in [3.8, 4) is 0 Å². The Bertz CT molecular complexity index is 354. The molecule has 1 saturated heterocycles. The van der Waals surface area contributed by atoms with Gasteiger partial charge in [0.05, 0.1) is 11.4 Å². The summed E-state index contributed by atoms with van der Waals surface area (Å²) in [6.07, 6.45) is 2.45. The Morgan fingerprint density at radius 3 is 2.56 bits per heavy atom. The third kappa shape index (κ3) is 2.73. The number of anilines is 1. The summed E-state index contributed by atoms with van der Waals surface area (Å²) in [6, 6.07) is 4.83. The molecule has 1 aliphatic heterocycles. The third-order valence-corrected chi connectivity index (χ3v) is 3.30. The number of likely N-dealkylation sites (tertiary alicyclic amines) is 1. The fourth-order valence-electron chi connectivity index (χ4n) is 2.21. The van der Waals surface area contributed by atoms with Crippen molar-refractivity contribution < 1.29 is 0 Å². The van der Waals surface area contributed by atoms with E-state index in [1.165, 1.54) is 31.6 Å². The largest absolute Gasteiger partial charge is 0.381 e. The molecule has 0 spiro atoms. The number of pyridine rings is 1. The molecule has 2 rings (SSSR count). The maximum Gasteiger partial charge on any atom is 0.0606 e. The first-order chi connectivity index (χ1) is 7.65. The van der Waals surface area contributed by atoms with E-state index in [9.17, 15) is 0 Å². The third-order valence-electron chi connectivity index (χ3n) is 3.30. The summed E-state index contributed by atoms with van der Waals surface area (Å²) in [6.45, 7) is 6.49. The molecule has 0 unspecified atom stereocenters. The molecule has 3 nitrogen and oxygen atoms in total. The molecule has 0 aromatic carbocycles. The summed E-state index contributed by atoms with van der Waals surface area (Å²) in [5.74, 6) is 0. The average molecular weight is 219 g/mol. The Morgan fingerprint density at radius 2 is 1.94 bits per heavy atom. The lowest BCUT2D eigenvalue weighted by atomic mass is 10.1. The van der Waals surface area contributed by atoms with Gasteiger partial charge in [0.1, 0.15) is 0 Å². The van der Waals surface area contributed by atoms with E-state index in [2.05, 4.69) is 41.3 Å². The van der Waals surface area contributed by atoms with Gasteiger partial charge in [-0.15, -0.1) is 0 Å². The van der Waals surface area contributed by atoms with Gasteiger partial charge in [0, 0.05) is 11.7 Å². The van der Waals surface area contributed by atoms with Crippen molar-refractivity contribution in [2.24, 2.45) is 0 Å². The molecule has 1 aromatic rings. The number of nitrogens with zero attached hydrogens (tertiary/aromatic N) is 2. The van der Waals surface area contributed by atoms with Crippen molar-refractivity contribution >= 4 is 5.69 Å². The van der Waals surface area contributed by atoms with Crippen LogP contribution < -0.4 is 5.32 Å². The number of nitrogens with one attached hydrogen (secondary N) is 1. The van der Waals surface area contributed by atoms with Crippen molar-refractivity contribution in [1.82, 2.24) is 9.88 Å². The number of aryl methyl sites for hydroxylation is 2. The molecule has 88 valence electrons. The number of rotatable bonds is 2. The first kappa shape index (κ1) is 11.4. The van der Waals surface area contributed by atoms with Crippen molar-refractivity contribution in [3.05, 3.63) is 23.5 Å². The van der Waals surface area contributed by atoms with Crippen LogP contribution in [0.5, 0.6) is 0 Å². The van der Waals surface area contributed by atoms with Gasteiger partial charge in [0.2, 0.25) is 0 Å². The van der Waals surface area contributed by atoms with Crippen LogP contribution in [-0.2, 0) is 0 Å². The lowest BCUT2D eigenvalue weighted by molar-refractivity contribution is 0.264. The molecule has 1 fully saturated rings. The minimum absolute atomic E-state index is 0.611. The average Bonchev–Trinajstić information content (AvgIpc) is 2.25. The first-order valence-electron chi connectivity index (χ1n) is 6.04. The van der Waals surface area contributed by atoms with Crippen molar-refractivity contribution in [2.75, 3.05) is 25.5 Å². The molecule has 0 bridgehead atoms. The lowest BCUT2D eigenvalue weighted by Crippen LogP contribution is -2.36. The summed E-state index contributed by atoms with van der Waals surface area (Å²) in [5.41, 5.74) is 3.39. The summed E-state index contributed by atoms with van der Waals surface area (Å²) in [7, 11) is 2.19. The maximum atomic E-state index is 4.48. The van der Waals surface area contributed by atoms with Gasteiger partial charge in [0.15, 0.2) is 0 Å². The molecule has 3 heteroatoms. The number of aromatic nitrogens is 1. The second kappa shape index (κ2) is 4.83. The van der Waals surface area contributed by atoms with E-state index in [1.807, 2.05) is 6.92 Å². The van der Waals surface area contributed by atoms with Crippen molar-refractivity contribution in [1.29, 1.82) is 0 Å². The predicted molar refractivity (Wildman–Crippen MR) is 67.9 cm³/mol. The van der Waals surface area contributed by atoms with Gasteiger partial charge in [-0.1, -0.05) is 0 Å². The van der Waals surface area contributed by atoms with E-state index in [1.54, 1.807) is 0 Å². The summed E-state index contributed by atoms with van der Waals surface area (Å²) >= 11 is 0. The molecule has 0 atom stereocenters. The SMILES string of the molecule is Cc1ccc(NC2CCN(C)CC2)c(C)n1. The molecule has 0 radical (unpaired) electrons. The summed E-state index contributed by atoms with van der Waals surface area (Å²) in [5, 5.41) is 3.61. The zero-order valence-electron chi connectivity index (χ0n) is 10.5. The molecule has 16 heavy (non-hydrogen) atoms. The highest BCUT2D eigenvalue weighted by Crippen LogP contribution is 2.18. The van der Waals surface area contributed by atoms with Crippen LogP contribution in [0.25, 0.3) is 0 Å². The van der Waals surface area contributed by atoms with Gasteiger partial charge in [-0.25, -0.2) is 0 Å². The highest BCUT2D eigenvalue weighted by molar-refractivity contribution is 5.48. The zero-order chi connectivity index (χ0) is 11.5. The highest BCUT2D eigenvalue weighted by atomic mass is 15.1. The lowest BCUT2D eigenvalue weighted by Gasteiger charge is -2.30. The zero-order valence-corrected chi connectivity index (χ0v) is 10.5. The van der Waals surface area contributed by atoms with Crippen molar-refractivity contribution in [3.63, 3.8) is 0 Å². The summed E-state index contributed by atoms with van der Waals surface area (Å²) < 4.78 is 0. The van der Waals surface area contributed by atoms with Gasteiger partial charge in [0.25, 0.3) is 0 Å². The van der Waals surface area contributed by atoms with E-state index >= 15 is 0 Å². The fraction of sp³-hybridized carbons (Fsp3) is 0.615. The van der Waals surface area contributed by atoms with E-state index in [-0.39, 0.29) is 0 Å². The van der Waals surface area contributed by atoms with Crippen LogP contribution in [0.2, 0.25) is 0 Å². The van der Waals surface area contributed by atoms with Crippen LogP contribution in [0.3, 0.4) is 0 Å². The van der Waals surface area contributed by atoms with Crippen molar-refractivity contribution in [2.45, 2.75) is 32.7 Å². The molecule has 1 aliphatic rings. The molecule has 1 aromatic heterocycles. The van der Waals surface area contributed by atoms with Crippen LogP contribution in [0, 0.1) is 13.8 Å². The Labute approximate surface area is 97.9 Å².